The van der Waals surface area contributed by atoms with Gasteiger partial charge in [-0.15, -0.1) is 0 Å². The van der Waals surface area contributed by atoms with Gasteiger partial charge in [0.2, 0.25) is 12.7 Å². The number of amides is 1. The van der Waals surface area contributed by atoms with Gasteiger partial charge in [-0.2, -0.15) is 11.8 Å². The van der Waals surface area contributed by atoms with Crippen LogP contribution < -0.4 is 14.8 Å². The molecule has 116 valence electrons. The van der Waals surface area contributed by atoms with Gasteiger partial charge in [-0.05, 0) is 37.3 Å². The summed E-state index contributed by atoms with van der Waals surface area (Å²) in [6, 6.07) is 5.68. The van der Waals surface area contributed by atoms with Crippen molar-refractivity contribution in [3.05, 3.63) is 23.8 Å². The average molecular weight is 311 g/mol. The fraction of sp³-hybridized carbons (Fsp3) is 0.533. The SMILES string of the molecule is CSC(CO)C(C)NC(=O)CCc1ccc2c(c1)OCO2. The van der Waals surface area contributed by atoms with Crippen LogP contribution >= 0.6 is 11.8 Å². The Morgan fingerprint density at radius 3 is 2.90 bits per heavy atom. The minimum Gasteiger partial charge on any atom is -0.454 e. The molecule has 2 rings (SSSR count). The topological polar surface area (TPSA) is 67.8 Å². The van der Waals surface area contributed by atoms with Crippen molar-refractivity contribution in [1.82, 2.24) is 5.32 Å². The van der Waals surface area contributed by atoms with E-state index in [2.05, 4.69) is 5.32 Å². The van der Waals surface area contributed by atoms with Crippen LogP contribution in [0.4, 0.5) is 0 Å². The van der Waals surface area contributed by atoms with E-state index in [0.717, 1.165) is 17.1 Å². The number of hydrogen-bond donors (Lipinski definition) is 2. The number of ether oxygens (including phenoxy) is 2. The molecule has 2 unspecified atom stereocenters. The number of aliphatic hydroxyl groups is 1. The molecule has 0 aromatic heterocycles. The summed E-state index contributed by atoms with van der Waals surface area (Å²) < 4.78 is 10.6. The number of nitrogens with one attached hydrogen (secondary N) is 1. The van der Waals surface area contributed by atoms with Gasteiger partial charge in [0.15, 0.2) is 11.5 Å². The van der Waals surface area contributed by atoms with E-state index in [0.29, 0.717) is 12.8 Å². The molecular formula is C15H21NO4S. The number of carbonyl (C=O) groups excluding carboxylic acids is 1. The lowest BCUT2D eigenvalue weighted by Gasteiger charge is -2.21. The predicted octanol–water partition coefficient (Wildman–Crippen LogP) is 1.58. The van der Waals surface area contributed by atoms with Crippen molar-refractivity contribution in [3.63, 3.8) is 0 Å². The molecule has 21 heavy (non-hydrogen) atoms. The molecule has 0 spiro atoms. The summed E-state index contributed by atoms with van der Waals surface area (Å²) in [4.78, 5) is 11.9. The Bertz CT molecular complexity index is 491. The van der Waals surface area contributed by atoms with E-state index in [1.807, 2.05) is 31.4 Å². The second-order valence-corrected chi connectivity index (χ2v) is 6.08. The molecule has 1 heterocycles. The number of rotatable bonds is 7. The molecule has 1 amide bonds. The molecule has 0 bridgehead atoms. The van der Waals surface area contributed by atoms with Crippen LogP contribution in [0.25, 0.3) is 0 Å². The highest BCUT2D eigenvalue weighted by Crippen LogP contribution is 2.32. The molecule has 0 radical (unpaired) electrons. The fourth-order valence-corrected chi connectivity index (χ4v) is 2.84. The van der Waals surface area contributed by atoms with E-state index in [-0.39, 0.29) is 30.6 Å². The van der Waals surface area contributed by atoms with Crippen molar-refractivity contribution in [2.45, 2.75) is 31.1 Å². The Labute approximate surface area is 129 Å². The van der Waals surface area contributed by atoms with Crippen LogP contribution in [0.1, 0.15) is 18.9 Å². The third kappa shape index (κ3) is 4.28. The summed E-state index contributed by atoms with van der Waals surface area (Å²) in [5.74, 6) is 1.49. The molecule has 2 N–H and O–H groups in total. The van der Waals surface area contributed by atoms with Crippen molar-refractivity contribution in [1.29, 1.82) is 0 Å². The molecule has 0 saturated carbocycles. The summed E-state index contributed by atoms with van der Waals surface area (Å²) in [5, 5.41) is 12.2. The van der Waals surface area contributed by atoms with Crippen molar-refractivity contribution >= 4 is 17.7 Å². The third-order valence-electron chi connectivity index (χ3n) is 3.51. The number of aryl methyl sites for hydroxylation is 1. The van der Waals surface area contributed by atoms with Gasteiger partial charge >= 0.3 is 0 Å². The van der Waals surface area contributed by atoms with Gasteiger partial charge in [0.25, 0.3) is 0 Å². The molecule has 0 saturated heterocycles. The normalized spacial score (nSPS) is 15.6. The summed E-state index contributed by atoms with van der Waals surface area (Å²) in [7, 11) is 0. The Hall–Kier alpha value is -1.40. The summed E-state index contributed by atoms with van der Waals surface area (Å²) >= 11 is 1.55. The van der Waals surface area contributed by atoms with Gasteiger partial charge in [0.05, 0.1) is 6.61 Å². The minimum absolute atomic E-state index is 0.00679. The van der Waals surface area contributed by atoms with Gasteiger partial charge in [0, 0.05) is 17.7 Å². The molecule has 6 heteroatoms. The zero-order valence-electron chi connectivity index (χ0n) is 12.3. The molecule has 1 aliphatic rings. The molecule has 1 aromatic rings. The van der Waals surface area contributed by atoms with E-state index in [4.69, 9.17) is 9.47 Å². The maximum atomic E-state index is 11.9. The highest BCUT2D eigenvalue weighted by Gasteiger charge is 2.18. The Morgan fingerprint density at radius 1 is 1.43 bits per heavy atom. The lowest BCUT2D eigenvalue weighted by molar-refractivity contribution is -0.121. The van der Waals surface area contributed by atoms with Crippen LogP contribution in [0.3, 0.4) is 0 Å². The summed E-state index contributed by atoms with van der Waals surface area (Å²) in [5.41, 5.74) is 1.05. The summed E-state index contributed by atoms with van der Waals surface area (Å²) in [6.07, 6.45) is 2.99. The van der Waals surface area contributed by atoms with Crippen LogP contribution in [-0.4, -0.2) is 42.0 Å². The molecule has 5 nitrogen and oxygen atoms in total. The molecule has 1 aromatic carbocycles. The van der Waals surface area contributed by atoms with Crippen molar-refractivity contribution < 1.29 is 19.4 Å². The number of aliphatic hydroxyl groups excluding tert-OH is 1. The van der Waals surface area contributed by atoms with Crippen LogP contribution in [0.2, 0.25) is 0 Å². The fourth-order valence-electron chi connectivity index (χ4n) is 2.21. The average Bonchev–Trinajstić information content (AvgIpc) is 2.93. The lowest BCUT2D eigenvalue weighted by Crippen LogP contribution is -2.41. The van der Waals surface area contributed by atoms with E-state index in [1.54, 1.807) is 11.8 Å². The van der Waals surface area contributed by atoms with E-state index >= 15 is 0 Å². The quantitative estimate of drug-likeness (QED) is 0.800. The zero-order valence-corrected chi connectivity index (χ0v) is 13.1. The van der Waals surface area contributed by atoms with Gasteiger partial charge in [-0.25, -0.2) is 0 Å². The Morgan fingerprint density at radius 2 is 2.19 bits per heavy atom. The van der Waals surface area contributed by atoms with Crippen LogP contribution in [0.15, 0.2) is 18.2 Å². The first-order chi connectivity index (χ1) is 10.1. The minimum atomic E-state index is -0.0470. The van der Waals surface area contributed by atoms with E-state index in [9.17, 15) is 9.90 Å². The number of hydrogen-bond acceptors (Lipinski definition) is 5. The monoisotopic (exact) mass is 311 g/mol. The van der Waals surface area contributed by atoms with Crippen molar-refractivity contribution in [2.24, 2.45) is 0 Å². The van der Waals surface area contributed by atoms with Gasteiger partial charge in [-0.3, -0.25) is 4.79 Å². The maximum Gasteiger partial charge on any atom is 0.231 e. The third-order valence-corrected chi connectivity index (χ3v) is 4.67. The number of thioether (sulfide) groups is 1. The number of carbonyl (C=O) groups is 1. The van der Waals surface area contributed by atoms with Crippen LogP contribution in [0.5, 0.6) is 11.5 Å². The van der Waals surface area contributed by atoms with E-state index in [1.165, 1.54) is 0 Å². The second-order valence-electron chi connectivity index (χ2n) is 5.00. The molecule has 0 aliphatic carbocycles. The predicted molar refractivity (Wildman–Crippen MR) is 82.9 cm³/mol. The highest BCUT2D eigenvalue weighted by atomic mass is 32.2. The molecule has 1 aliphatic heterocycles. The number of benzene rings is 1. The lowest BCUT2D eigenvalue weighted by atomic mass is 10.1. The highest BCUT2D eigenvalue weighted by molar-refractivity contribution is 7.99. The summed E-state index contributed by atoms with van der Waals surface area (Å²) in [6.45, 7) is 2.23. The van der Waals surface area contributed by atoms with Crippen molar-refractivity contribution in [2.75, 3.05) is 19.7 Å². The largest absolute Gasteiger partial charge is 0.454 e. The van der Waals surface area contributed by atoms with Crippen LogP contribution in [-0.2, 0) is 11.2 Å². The molecular weight excluding hydrogens is 290 g/mol. The smallest absolute Gasteiger partial charge is 0.231 e. The second kappa shape index (κ2) is 7.56. The maximum absolute atomic E-state index is 11.9. The first-order valence-electron chi connectivity index (χ1n) is 6.95. The standard InChI is InChI=1S/C15H21NO4S/c1-10(14(8-17)21-2)16-15(18)6-4-11-3-5-12-13(7-11)20-9-19-12/h3,5,7,10,14,17H,4,6,8-9H2,1-2H3,(H,16,18). The van der Waals surface area contributed by atoms with Gasteiger partial charge < -0.3 is 19.9 Å². The number of fused-ring (bicyclic) bond motifs is 1. The van der Waals surface area contributed by atoms with Gasteiger partial charge in [0.1, 0.15) is 0 Å². The molecule has 2 atom stereocenters. The first kappa shape index (κ1) is 16.0. The van der Waals surface area contributed by atoms with Gasteiger partial charge in [-0.1, -0.05) is 6.07 Å². The molecule has 0 fully saturated rings. The van der Waals surface area contributed by atoms with E-state index < -0.39 is 0 Å². The van der Waals surface area contributed by atoms with Crippen molar-refractivity contribution in [3.8, 4) is 11.5 Å². The zero-order chi connectivity index (χ0) is 15.2. The Balaban J connectivity index is 1.81. The Kier molecular flexibility index (Phi) is 5.76. The van der Waals surface area contributed by atoms with Crippen LogP contribution in [0, 0.1) is 0 Å². The first-order valence-corrected chi connectivity index (χ1v) is 8.24.